The van der Waals surface area contributed by atoms with Crippen LogP contribution in [0.25, 0.3) is 10.9 Å². The Morgan fingerprint density at radius 3 is 2.89 bits per heavy atom. The molecule has 4 heteroatoms. The maximum atomic E-state index is 5.13. The first-order valence-electron chi connectivity index (χ1n) is 6.33. The molecule has 1 atom stereocenters. The van der Waals surface area contributed by atoms with Crippen LogP contribution in [0.5, 0.6) is 0 Å². The van der Waals surface area contributed by atoms with E-state index in [9.17, 15) is 0 Å². The molecule has 0 bridgehead atoms. The fraction of sp³-hybridized carbons (Fsp3) is 0.500. The fourth-order valence-electron chi connectivity index (χ4n) is 2.18. The van der Waals surface area contributed by atoms with Gasteiger partial charge in [0.1, 0.15) is 0 Å². The van der Waals surface area contributed by atoms with Crippen LogP contribution in [0.15, 0.2) is 24.3 Å². The first kappa shape index (κ1) is 13.6. The summed E-state index contributed by atoms with van der Waals surface area (Å²) in [5.41, 5.74) is 2.42. The van der Waals surface area contributed by atoms with Gasteiger partial charge in [0.25, 0.3) is 0 Å². The molecule has 0 fully saturated rings. The fourth-order valence-corrected chi connectivity index (χ4v) is 2.67. The highest BCUT2D eigenvalue weighted by molar-refractivity contribution is 9.09. The van der Waals surface area contributed by atoms with Crippen molar-refractivity contribution in [2.45, 2.75) is 31.1 Å². The number of alkyl halides is 1. The van der Waals surface area contributed by atoms with Crippen molar-refractivity contribution >= 4 is 26.8 Å². The van der Waals surface area contributed by atoms with Gasteiger partial charge in [-0.3, -0.25) is 4.68 Å². The maximum Gasteiger partial charge on any atom is 0.0703 e. The third kappa shape index (κ3) is 2.93. The standard InChI is InChI=1S/C14H19BrN2O/c1-3-17-14-7-5-4-6-12(14)13(16-17)9-8-11(15)10-18-2/h4-7,11H,3,8-10H2,1-2H3. The van der Waals surface area contributed by atoms with E-state index in [0.29, 0.717) is 4.83 Å². The lowest BCUT2D eigenvalue weighted by Gasteiger charge is -2.06. The third-order valence-corrected chi connectivity index (χ3v) is 3.80. The van der Waals surface area contributed by atoms with Crippen LogP contribution in [-0.2, 0) is 17.7 Å². The molecule has 0 saturated heterocycles. The van der Waals surface area contributed by atoms with Crippen LogP contribution in [0.4, 0.5) is 0 Å². The molecule has 1 aromatic carbocycles. The van der Waals surface area contributed by atoms with E-state index in [1.54, 1.807) is 7.11 Å². The number of rotatable bonds is 6. The number of benzene rings is 1. The van der Waals surface area contributed by atoms with Crippen LogP contribution in [0.1, 0.15) is 19.0 Å². The summed E-state index contributed by atoms with van der Waals surface area (Å²) in [6.07, 6.45) is 2.02. The smallest absolute Gasteiger partial charge is 0.0703 e. The Hall–Kier alpha value is -0.870. The Morgan fingerprint density at radius 1 is 1.39 bits per heavy atom. The summed E-state index contributed by atoms with van der Waals surface area (Å²) in [6, 6.07) is 8.44. The van der Waals surface area contributed by atoms with E-state index in [1.165, 1.54) is 16.6 Å². The summed E-state index contributed by atoms with van der Waals surface area (Å²) in [5.74, 6) is 0. The highest BCUT2D eigenvalue weighted by atomic mass is 79.9. The van der Waals surface area contributed by atoms with E-state index in [1.807, 2.05) is 0 Å². The number of aryl methyl sites for hydroxylation is 2. The Balaban J connectivity index is 2.18. The summed E-state index contributed by atoms with van der Waals surface area (Å²) in [6.45, 7) is 3.78. The summed E-state index contributed by atoms with van der Waals surface area (Å²) in [7, 11) is 1.73. The monoisotopic (exact) mass is 310 g/mol. The molecule has 2 rings (SSSR count). The lowest BCUT2D eigenvalue weighted by Crippen LogP contribution is -2.08. The number of para-hydroxylation sites is 1. The van der Waals surface area contributed by atoms with Crippen molar-refractivity contribution in [3.05, 3.63) is 30.0 Å². The normalized spacial score (nSPS) is 13.1. The van der Waals surface area contributed by atoms with Crippen LogP contribution in [-0.4, -0.2) is 28.3 Å². The number of nitrogens with zero attached hydrogens (tertiary/aromatic N) is 2. The van der Waals surface area contributed by atoms with Crippen LogP contribution in [0.2, 0.25) is 0 Å². The van der Waals surface area contributed by atoms with Gasteiger partial charge in [-0.2, -0.15) is 5.10 Å². The molecule has 3 nitrogen and oxygen atoms in total. The van der Waals surface area contributed by atoms with Gasteiger partial charge < -0.3 is 4.74 Å². The number of fused-ring (bicyclic) bond motifs is 1. The van der Waals surface area contributed by atoms with E-state index >= 15 is 0 Å². The van der Waals surface area contributed by atoms with E-state index in [-0.39, 0.29) is 0 Å². The van der Waals surface area contributed by atoms with Crippen LogP contribution in [0, 0.1) is 0 Å². The molecular weight excluding hydrogens is 292 g/mol. The molecule has 1 aromatic heterocycles. The molecular formula is C14H19BrN2O. The van der Waals surface area contributed by atoms with Crippen molar-refractivity contribution in [2.75, 3.05) is 13.7 Å². The van der Waals surface area contributed by atoms with Crippen LogP contribution >= 0.6 is 15.9 Å². The molecule has 0 aliphatic rings. The number of methoxy groups -OCH3 is 1. The van der Waals surface area contributed by atoms with E-state index in [4.69, 9.17) is 9.84 Å². The zero-order chi connectivity index (χ0) is 13.0. The second-order valence-electron chi connectivity index (χ2n) is 4.37. The van der Waals surface area contributed by atoms with Crippen molar-refractivity contribution in [3.8, 4) is 0 Å². The molecule has 0 N–H and O–H groups in total. The average Bonchev–Trinajstić information content (AvgIpc) is 2.75. The first-order valence-corrected chi connectivity index (χ1v) is 7.25. The molecule has 98 valence electrons. The molecule has 0 radical (unpaired) electrons. The SMILES string of the molecule is CCn1nc(CCC(Br)COC)c2ccccc21. The third-order valence-electron chi connectivity index (χ3n) is 3.08. The molecule has 0 aliphatic heterocycles. The van der Waals surface area contributed by atoms with Gasteiger partial charge in [0.05, 0.1) is 17.8 Å². The van der Waals surface area contributed by atoms with E-state index < -0.39 is 0 Å². The largest absolute Gasteiger partial charge is 0.384 e. The second-order valence-corrected chi connectivity index (χ2v) is 5.67. The second kappa shape index (κ2) is 6.34. The summed E-state index contributed by atoms with van der Waals surface area (Å²) < 4.78 is 7.21. The Morgan fingerprint density at radius 2 is 2.17 bits per heavy atom. The number of ether oxygens (including phenoxy) is 1. The van der Waals surface area contributed by atoms with E-state index in [0.717, 1.165) is 26.0 Å². The van der Waals surface area contributed by atoms with Gasteiger partial charge in [0, 0.05) is 23.9 Å². The van der Waals surface area contributed by atoms with Gasteiger partial charge in [-0.1, -0.05) is 34.1 Å². The molecule has 1 unspecified atom stereocenters. The number of hydrogen-bond donors (Lipinski definition) is 0. The lowest BCUT2D eigenvalue weighted by atomic mass is 10.1. The van der Waals surface area contributed by atoms with Crippen LogP contribution in [0.3, 0.4) is 0 Å². The first-order chi connectivity index (χ1) is 8.76. The quantitative estimate of drug-likeness (QED) is 0.765. The topological polar surface area (TPSA) is 27.1 Å². The average molecular weight is 311 g/mol. The zero-order valence-corrected chi connectivity index (χ0v) is 12.5. The predicted molar refractivity (Wildman–Crippen MR) is 78.3 cm³/mol. The number of aromatic nitrogens is 2. The summed E-state index contributed by atoms with van der Waals surface area (Å²) >= 11 is 3.62. The zero-order valence-electron chi connectivity index (χ0n) is 10.9. The van der Waals surface area contributed by atoms with Crippen LogP contribution < -0.4 is 0 Å². The van der Waals surface area contributed by atoms with Crippen molar-refractivity contribution in [3.63, 3.8) is 0 Å². The molecule has 18 heavy (non-hydrogen) atoms. The molecule has 2 aromatic rings. The van der Waals surface area contributed by atoms with Gasteiger partial charge in [0.15, 0.2) is 0 Å². The number of halogens is 1. The van der Waals surface area contributed by atoms with Crippen molar-refractivity contribution in [1.29, 1.82) is 0 Å². The Labute approximate surface area is 116 Å². The van der Waals surface area contributed by atoms with Crippen molar-refractivity contribution < 1.29 is 4.74 Å². The minimum absolute atomic E-state index is 0.396. The maximum absolute atomic E-state index is 5.13. The summed E-state index contributed by atoms with van der Waals surface area (Å²) in [5, 5.41) is 5.97. The van der Waals surface area contributed by atoms with Gasteiger partial charge in [-0.25, -0.2) is 0 Å². The minimum Gasteiger partial charge on any atom is -0.384 e. The molecule has 0 saturated carbocycles. The van der Waals surface area contributed by atoms with Crippen molar-refractivity contribution in [2.24, 2.45) is 0 Å². The van der Waals surface area contributed by atoms with Crippen molar-refractivity contribution in [1.82, 2.24) is 9.78 Å². The molecule has 0 amide bonds. The van der Waals surface area contributed by atoms with Gasteiger partial charge in [-0.15, -0.1) is 0 Å². The summed E-state index contributed by atoms with van der Waals surface area (Å²) in [4.78, 5) is 0.396. The predicted octanol–water partition coefficient (Wildman–Crippen LogP) is 3.40. The lowest BCUT2D eigenvalue weighted by molar-refractivity contribution is 0.198. The van der Waals surface area contributed by atoms with E-state index in [2.05, 4.69) is 51.8 Å². The molecule has 0 aliphatic carbocycles. The number of hydrogen-bond acceptors (Lipinski definition) is 2. The van der Waals surface area contributed by atoms with Gasteiger partial charge in [-0.05, 0) is 25.8 Å². The Bertz CT molecular complexity index is 509. The highest BCUT2D eigenvalue weighted by Gasteiger charge is 2.11. The van der Waals surface area contributed by atoms with Gasteiger partial charge in [0.2, 0.25) is 0 Å². The highest BCUT2D eigenvalue weighted by Crippen LogP contribution is 2.21. The Kier molecular flexibility index (Phi) is 4.78. The molecule has 0 spiro atoms. The minimum atomic E-state index is 0.396. The van der Waals surface area contributed by atoms with Gasteiger partial charge >= 0.3 is 0 Å². The molecule has 1 heterocycles.